The molecule has 0 radical (unpaired) electrons. The quantitative estimate of drug-likeness (QED) is 0.638. The van der Waals surface area contributed by atoms with Crippen LogP contribution in [0.5, 0.6) is 0 Å². The summed E-state index contributed by atoms with van der Waals surface area (Å²) in [5, 5.41) is 3.55. The van der Waals surface area contributed by atoms with Crippen molar-refractivity contribution < 1.29 is 0 Å². The van der Waals surface area contributed by atoms with E-state index in [1.165, 1.54) is 90.5 Å². The van der Waals surface area contributed by atoms with Gasteiger partial charge in [-0.1, -0.05) is 46.0 Å². The molecule has 0 aromatic rings. The molecule has 21 heavy (non-hydrogen) atoms. The van der Waals surface area contributed by atoms with Gasteiger partial charge in [0.2, 0.25) is 0 Å². The second-order valence-corrected chi connectivity index (χ2v) is 7.91. The third-order valence-electron chi connectivity index (χ3n) is 5.51. The molecule has 0 bridgehead atoms. The Morgan fingerprint density at radius 1 is 0.952 bits per heavy atom. The van der Waals surface area contributed by atoms with E-state index in [4.69, 9.17) is 0 Å². The van der Waals surface area contributed by atoms with E-state index in [1.54, 1.807) is 0 Å². The fourth-order valence-electron chi connectivity index (χ4n) is 4.21. The molecule has 0 amide bonds. The predicted octanol–water partition coefficient (Wildman–Crippen LogP) is 4.30. The normalized spacial score (nSPS) is 27.0. The van der Waals surface area contributed by atoms with Crippen molar-refractivity contribution in [1.29, 1.82) is 0 Å². The highest BCUT2D eigenvalue weighted by atomic mass is 15.1. The predicted molar refractivity (Wildman–Crippen MR) is 92.7 cm³/mol. The second kappa shape index (κ2) is 9.84. The zero-order chi connectivity index (χ0) is 14.9. The van der Waals surface area contributed by atoms with Crippen LogP contribution in [0.1, 0.15) is 71.6 Å². The minimum Gasteiger partial charge on any atom is -0.316 e. The van der Waals surface area contributed by atoms with Crippen LogP contribution < -0.4 is 5.32 Å². The Hall–Kier alpha value is -0.0800. The summed E-state index contributed by atoms with van der Waals surface area (Å²) in [4.78, 5) is 2.77. The van der Waals surface area contributed by atoms with Crippen molar-refractivity contribution in [2.24, 2.45) is 17.8 Å². The molecule has 2 fully saturated rings. The molecule has 1 aliphatic heterocycles. The molecule has 0 aromatic heterocycles. The summed E-state index contributed by atoms with van der Waals surface area (Å²) in [6.07, 6.45) is 13.1. The highest BCUT2D eigenvalue weighted by Gasteiger charge is 2.30. The lowest BCUT2D eigenvalue weighted by molar-refractivity contribution is 0.0856. The topological polar surface area (TPSA) is 15.3 Å². The standard InChI is InChI=1S/C19H38N2/c1-17(2)15-20-12-7-3-4-8-13-21-14-11-18-9-5-6-10-19(18)16-21/h17-20H,3-16H2,1-2H3. The van der Waals surface area contributed by atoms with E-state index in [1.807, 2.05) is 0 Å². The number of likely N-dealkylation sites (tertiary alicyclic amines) is 1. The lowest BCUT2D eigenvalue weighted by Gasteiger charge is -2.41. The van der Waals surface area contributed by atoms with Crippen molar-refractivity contribution in [2.45, 2.75) is 71.6 Å². The molecule has 0 spiro atoms. The summed E-state index contributed by atoms with van der Waals surface area (Å²) in [6, 6.07) is 0. The maximum atomic E-state index is 3.55. The van der Waals surface area contributed by atoms with Crippen LogP contribution in [0.25, 0.3) is 0 Å². The first-order chi connectivity index (χ1) is 10.3. The molecule has 2 unspecified atom stereocenters. The first-order valence-electron chi connectivity index (χ1n) is 9.69. The first kappa shape index (κ1) is 17.3. The van der Waals surface area contributed by atoms with Gasteiger partial charge in [-0.2, -0.15) is 0 Å². The van der Waals surface area contributed by atoms with Gasteiger partial charge in [0, 0.05) is 6.54 Å². The van der Waals surface area contributed by atoms with E-state index in [0.717, 1.165) is 17.8 Å². The van der Waals surface area contributed by atoms with Gasteiger partial charge in [-0.3, -0.25) is 0 Å². The van der Waals surface area contributed by atoms with Crippen molar-refractivity contribution in [3.8, 4) is 0 Å². The van der Waals surface area contributed by atoms with E-state index >= 15 is 0 Å². The van der Waals surface area contributed by atoms with E-state index in [2.05, 4.69) is 24.1 Å². The summed E-state index contributed by atoms with van der Waals surface area (Å²) in [5.41, 5.74) is 0. The van der Waals surface area contributed by atoms with Crippen LogP contribution in [0.2, 0.25) is 0 Å². The van der Waals surface area contributed by atoms with E-state index in [9.17, 15) is 0 Å². The van der Waals surface area contributed by atoms with Crippen LogP contribution in [0.4, 0.5) is 0 Å². The summed E-state index contributed by atoms with van der Waals surface area (Å²) in [7, 11) is 0. The summed E-state index contributed by atoms with van der Waals surface area (Å²) >= 11 is 0. The number of hydrogen-bond acceptors (Lipinski definition) is 2. The molecule has 1 heterocycles. The van der Waals surface area contributed by atoms with E-state index in [0.29, 0.717) is 0 Å². The molecule has 1 aliphatic carbocycles. The fraction of sp³-hybridized carbons (Fsp3) is 1.00. The molecule has 2 rings (SSSR count). The Balaban J connectivity index is 1.44. The van der Waals surface area contributed by atoms with Gasteiger partial charge in [0.05, 0.1) is 0 Å². The minimum atomic E-state index is 0.785. The lowest BCUT2D eigenvalue weighted by Crippen LogP contribution is -2.42. The van der Waals surface area contributed by atoms with Crippen molar-refractivity contribution >= 4 is 0 Å². The molecule has 2 aliphatic rings. The van der Waals surface area contributed by atoms with Gasteiger partial charge in [0.1, 0.15) is 0 Å². The average Bonchev–Trinajstić information content (AvgIpc) is 2.49. The smallest absolute Gasteiger partial charge is 0.00123 e. The largest absolute Gasteiger partial charge is 0.316 e. The molecular formula is C19H38N2. The number of rotatable bonds is 9. The van der Waals surface area contributed by atoms with Crippen LogP contribution in [-0.4, -0.2) is 37.6 Å². The number of piperidine rings is 1. The Labute approximate surface area is 133 Å². The van der Waals surface area contributed by atoms with E-state index < -0.39 is 0 Å². The Morgan fingerprint density at radius 2 is 1.71 bits per heavy atom. The molecule has 0 aromatic carbocycles. The number of nitrogens with one attached hydrogen (secondary N) is 1. The zero-order valence-corrected chi connectivity index (χ0v) is 14.6. The maximum absolute atomic E-state index is 3.55. The summed E-state index contributed by atoms with van der Waals surface area (Å²) in [5.74, 6) is 2.92. The van der Waals surface area contributed by atoms with Gasteiger partial charge in [-0.25, -0.2) is 0 Å². The maximum Gasteiger partial charge on any atom is 0.00123 e. The average molecular weight is 295 g/mol. The first-order valence-corrected chi connectivity index (χ1v) is 9.69. The SMILES string of the molecule is CC(C)CNCCCCCCN1CCC2CCCCC2C1. The Kier molecular flexibility index (Phi) is 8.10. The molecular weight excluding hydrogens is 256 g/mol. The molecule has 1 saturated heterocycles. The molecule has 2 atom stereocenters. The number of unbranched alkanes of at least 4 members (excludes halogenated alkanes) is 3. The van der Waals surface area contributed by atoms with Crippen LogP contribution in [0, 0.1) is 17.8 Å². The molecule has 2 heteroatoms. The molecule has 1 N–H and O–H groups in total. The third-order valence-corrected chi connectivity index (χ3v) is 5.51. The van der Waals surface area contributed by atoms with Crippen molar-refractivity contribution in [3.63, 3.8) is 0 Å². The van der Waals surface area contributed by atoms with Gasteiger partial charge in [-0.15, -0.1) is 0 Å². The van der Waals surface area contributed by atoms with Crippen LogP contribution in [0.3, 0.4) is 0 Å². The highest BCUT2D eigenvalue weighted by molar-refractivity contribution is 4.83. The number of fused-ring (bicyclic) bond motifs is 1. The number of nitrogens with zero attached hydrogens (tertiary/aromatic N) is 1. The molecule has 2 nitrogen and oxygen atoms in total. The lowest BCUT2D eigenvalue weighted by atomic mass is 9.75. The van der Waals surface area contributed by atoms with Gasteiger partial charge >= 0.3 is 0 Å². The van der Waals surface area contributed by atoms with Crippen LogP contribution in [-0.2, 0) is 0 Å². The van der Waals surface area contributed by atoms with Crippen LogP contribution in [0.15, 0.2) is 0 Å². The molecule has 124 valence electrons. The van der Waals surface area contributed by atoms with Crippen LogP contribution >= 0.6 is 0 Å². The minimum absolute atomic E-state index is 0.785. The van der Waals surface area contributed by atoms with Crippen molar-refractivity contribution in [2.75, 3.05) is 32.7 Å². The highest BCUT2D eigenvalue weighted by Crippen LogP contribution is 2.35. The summed E-state index contributed by atoms with van der Waals surface area (Å²) < 4.78 is 0. The van der Waals surface area contributed by atoms with Gasteiger partial charge in [0.25, 0.3) is 0 Å². The zero-order valence-electron chi connectivity index (χ0n) is 14.6. The second-order valence-electron chi connectivity index (χ2n) is 7.91. The van der Waals surface area contributed by atoms with Gasteiger partial charge in [0.15, 0.2) is 0 Å². The van der Waals surface area contributed by atoms with E-state index in [-0.39, 0.29) is 0 Å². The van der Waals surface area contributed by atoms with Gasteiger partial charge in [-0.05, 0) is 69.6 Å². The third kappa shape index (κ3) is 6.69. The molecule has 1 saturated carbocycles. The monoisotopic (exact) mass is 294 g/mol. The fourth-order valence-corrected chi connectivity index (χ4v) is 4.21. The van der Waals surface area contributed by atoms with Crippen molar-refractivity contribution in [1.82, 2.24) is 10.2 Å². The summed E-state index contributed by atoms with van der Waals surface area (Å²) in [6.45, 7) is 11.1. The van der Waals surface area contributed by atoms with Crippen molar-refractivity contribution in [3.05, 3.63) is 0 Å². The Morgan fingerprint density at radius 3 is 2.52 bits per heavy atom. The Bertz CT molecular complexity index is 264. The number of hydrogen-bond donors (Lipinski definition) is 1. The van der Waals surface area contributed by atoms with Gasteiger partial charge < -0.3 is 10.2 Å².